The topological polar surface area (TPSA) is 165 Å². The van der Waals surface area contributed by atoms with Crippen molar-refractivity contribution in [2.24, 2.45) is 5.92 Å². The van der Waals surface area contributed by atoms with Gasteiger partial charge in [0, 0.05) is 95.4 Å². The first-order valence-corrected chi connectivity index (χ1v) is 26.8. The molecule has 1 atom stereocenters. The number of aromatic nitrogens is 2. The Bertz CT molecular complexity index is 2530. The van der Waals surface area contributed by atoms with Gasteiger partial charge >= 0.3 is 0 Å². The van der Waals surface area contributed by atoms with Crippen LogP contribution < -0.4 is 39.5 Å². The molecule has 4 aliphatic rings. The number of imide groups is 1. The fraction of sp³-hybridized carbons (Fsp3) is 0.529. The van der Waals surface area contributed by atoms with Gasteiger partial charge in [-0.3, -0.25) is 24.1 Å². The summed E-state index contributed by atoms with van der Waals surface area (Å²) in [6.45, 7) is 12.0. The first-order valence-electron chi connectivity index (χ1n) is 24.6. The minimum absolute atomic E-state index is 0.171. The van der Waals surface area contributed by atoms with Crippen molar-refractivity contribution in [1.29, 1.82) is 0 Å². The maximum atomic E-state index is 12.5. The van der Waals surface area contributed by atoms with Crippen molar-refractivity contribution in [1.82, 2.24) is 25.1 Å². The quantitative estimate of drug-likeness (QED) is 0.0654. The van der Waals surface area contributed by atoms with Crippen molar-refractivity contribution in [3.8, 4) is 11.5 Å². The highest BCUT2D eigenvalue weighted by atomic mass is 35.5. The first kappa shape index (κ1) is 50.0. The van der Waals surface area contributed by atoms with Gasteiger partial charge in [0.25, 0.3) is 0 Å². The Balaban J connectivity index is 0.770. The first-order chi connectivity index (χ1) is 33.3. The van der Waals surface area contributed by atoms with E-state index < -0.39 is 10.0 Å². The number of sulfonamides is 1. The summed E-state index contributed by atoms with van der Waals surface area (Å²) >= 11 is 6.57. The van der Waals surface area contributed by atoms with E-state index in [1.165, 1.54) is 80.2 Å². The summed E-state index contributed by atoms with van der Waals surface area (Å²) in [6, 6.07) is 18.3. The molecule has 4 aromatic rings. The van der Waals surface area contributed by atoms with Gasteiger partial charge in [-0.2, -0.15) is 4.98 Å². The van der Waals surface area contributed by atoms with Gasteiger partial charge in [0.15, 0.2) is 5.82 Å². The number of hydrogen-bond acceptors (Lipinski definition) is 14. The predicted octanol–water partition coefficient (Wildman–Crippen LogP) is 7.79. The van der Waals surface area contributed by atoms with E-state index in [1.807, 2.05) is 0 Å². The fourth-order valence-electron chi connectivity index (χ4n) is 10.4. The minimum atomic E-state index is -3.58. The number of nitrogens with zero attached hydrogens (tertiary/aromatic N) is 7. The lowest BCUT2D eigenvalue weighted by molar-refractivity contribution is -0.134. The lowest BCUT2D eigenvalue weighted by Crippen LogP contribution is -2.53. The molecular formula is C51H69ClN10O6S. The number of carbonyl (C=O) groups is 2. The summed E-state index contributed by atoms with van der Waals surface area (Å²) in [5.74, 6) is 1.99. The second-order valence-electron chi connectivity index (χ2n) is 18.9. The highest BCUT2D eigenvalue weighted by Crippen LogP contribution is 2.39. The fourth-order valence-corrected chi connectivity index (χ4v) is 11.1. The van der Waals surface area contributed by atoms with Gasteiger partial charge in [-0.25, -0.2) is 13.4 Å². The number of hydrogen-bond donors (Lipinski definition) is 3. The third-order valence-corrected chi connectivity index (χ3v) is 16.1. The standard InChI is InChI=1S/C51H69ClN10O6S/c1-6-36-31-44(55-51-53-34-42(52)49(57-51)54-43-16-14-40(67-3)32-46(43)58(2)69(5,65)66)47(68-4)33-45(36)62-25-20-39(21-26-62)61-29-27-59(28-30-61)22-8-7-9-35-18-23-60(24-19-35)38-12-10-37(11-13-38)41-15-17-48(63)56-50(41)64/h10-14,16,31-35,39,41H,6-9,15,17-30H2,1-5H3,(H,56,63,64)(H2,53,54,55,57). The van der Waals surface area contributed by atoms with Gasteiger partial charge in [-0.05, 0) is 98.9 Å². The highest BCUT2D eigenvalue weighted by molar-refractivity contribution is 7.92. The van der Waals surface area contributed by atoms with Gasteiger partial charge in [0.1, 0.15) is 16.5 Å². The number of ether oxygens (including phenoxy) is 2. The Hall–Kier alpha value is -5.36. The van der Waals surface area contributed by atoms with Gasteiger partial charge in [0.05, 0.1) is 49.7 Å². The van der Waals surface area contributed by atoms with E-state index in [4.69, 9.17) is 21.1 Å². The number of unbranched alkanes of at least 4 members (excludes halogenated alkanes) is 1. The maximum Gasteiger partial charge on any atom is 0.234 e. The number of methoxy groups -OCH3 is 2. The van der Waals surface area contributed by atoms with Crippen LogP contribution in [0.4, 0.5) is 40.2 Å². The molecule has 0 saturated carbocycles. The highest BCUT2D eigenvalue weighted by Gasteiger charge is 2.30. The monoisotopic (exact) mass is 984 g/mol. The minimum Gasteiger partial charge on any atom is -0.497 e. The average Bonchev–Trinajstić information content (AvgIpc) is 3.36. The molecule has 8 rings (SSSR count). The lowest BCUT2D eigenvalue weighted by atomic mass is 9.89. The molecule has 5 heterocycles. The average molecular weight is 986 g/mol. The van der Waals surface area contributed by atoms with E-state index in [1.54, 1.807) is 25.3 Å². The van der Waals surface area contributed by atoms with Gasteiger partial charge in [-0.1, -0.05) is 43.5 Å². The molecule has 4 fully saturated rings. The third-order valence-electron chi connectivity index (χ3n) is 14.6. The van der Waals surface area contributed by atoms with Crippen LogP contribution in [-0.4, -0.2) is 132 Å². The van der Waals surface area contributed by atoms with Crippen LogP contribution >= 0.6 is 11.6 Å². The maximum absolute atomic E-state index is 12.5. The zero-order valence-corrected chi connectivity index (χ0v) is 42.4. The van der Waals surface area contributed by atoms with Crippen LogP contribution in [0, 0.1) is 5.92 Å². The summed E-state index contributed by atoms with van der Waals surface area (Å²) in [6.07, 6.45) is 13.0. The van der Waals surface area contributed by atoms with Gasteiger partial charge in [0.2, 0.25) is 27.8 Å². The number of anilines is 7. The number of benzene rings is 3. The third kappa shape index (κ3) is 12.3. The van der Waals surface area contributed by atoms with E-state index in [2.05, 4.69) is 88.8 Å². The van der Waals surface area contributed by atoms with Crippen molar-refractivity contribution in [3.63, 3.8) is 0 Å². The molecule has 69 heavy (non-hydrogen) atoms. The summed E-state index contributed by atoms with van der Waals surface area (Å²) < 4.78 is 37.4. The molecule has 18 heteroatoms. The molecule has 3 aromatic carbocycles. The molecular weight excluding hydrogens is 916 g/mol. The molecule has 1 aromatic heterocycles. The van der Waals surface area contributed by atoms with E-state index >= 15 is 0 Å². The zero-order valence-electron chi connectivity index (χ0n) is 40.8. The Labute approximate surface area is 413 Å². The number of halogens is 1. The van der Waals surface area contributed by atoms with Gasteiger partial charge < -0.3 is 34.8 Å². The molecule has 0 aliphatic carbocycles. The zero-order chi connectivity index (χ0) is 48.7. The van der Waals surface area contributed by atoms with Crippen molar-refractivity contribution >= 4 is 73.6 Å². The van der Waals surface area contributed by atoms with E-state index in [0.29, 0.717) is 53.5 Å². The van der Waals surface area contributed by atoms with E-state index in [0.717, 1.165) is 95.0 Å². The summed E-state index contributed by atoms with van der Waals surface area (Å²) in [5.41, 5.74) is 6.18. The number of amides is 2. The number of piperazine rings is 1. The smallest absolute Gasteiger partial charge is 0.234 e. The Morgan fingerprint density at radius 2 is 1.57 bits per heavy atom. The Morgan fingerprint density at radius 3 is 2.23 bits per heavy atom. The number of nitrogens with one attached hydrogen (secondary N) is 3. The second kappa shape index (κ2) is 22.6. The van der Waals surface area contributed by atoms with Gasteiger partial charge in [-0.15, -0.1) is 0 Å². The van der Waals surface area contributed by atoms with Crippen LogP contribution in [0.3, 0.4) is 0 Å². The van der Waals surface area contributed by atoms with Crippen molar-refractivity contribution in [3.05, 3.63) is 76.9 Å². The molecule has 3 N–H and O–H groups in total. The second-order valence-corrected chi connectivity index (χ2v) is 21.3. The van der Waals surface area contributed by atoms with Crippen LogP contribution in [0.1, 0.15) is 81.8 Å². The van der Waals surface area contributed by atoms with Crippen molar-refractivity contribution in [2.75, 3.05) is 111 Å². The molecule has 0 bridgehead atoms. The summed E-state index contributed by atoms with van der Waals surface area (Å²) in [5, 5.41) is 9.28. The van der Waals surface area contributed by atoms with Crippen LogP contribution in [-0.2, 0) is 26.0 Å². The molecule has 0 radical (unpaired) electrons. The van der Waals surface area contributed by atoms with E-state index in [9.17, 15) is 18.0 Å². The largest absolute Gasteiger partial charge is 0.497 e. The van der Waals surface area contributed by atoms with Crippen LogP contribution in [0.5, 0.6) is 11.5 Å². The normalized spacial score (nSPS) is 19.1. The molecule has 4 saturated heterocycles. The summed E-state index contributed by atoms with van der Waals surface area (Å²) in [7, 11) is 1.09. The number of carbonyl (C=O) groups excluding carboxylic acids is 2. The van der Waals surface area contributed by atoms with E-state index in [-0.39, 0.29) is 22.8 Å². The molecule has 1 unspecified atom stereocenters. The number of aryl methyl sites for hydroxylation is 1. The molecule has 0 spiro atoms. The summed E-state index contributed by atoms with van der Waals surface area (Å²) in [4.78, 5) is 43.4. The molecule has 372 valence electrons. The van der Waals surface area contributed by atoms with Crippen LogP contribution in [0.2, 0.25) is 5.02 Å². The van der Waals surface area contributed by atoms with Crippen molar-refractivity contribution in [2.45, 2.75) is 83.1 Å². The van der Waals surface area contributed by atoms with Crippen LogP contribution in [0.15, 0.2) is 60.8 Å². The predicted molar refractivity (Wildman–Crippen MR) is 276 cm³/mol. The molecule has 2 amide bonds. The molecule has 4 aliphatic heterocycles. The molecule has 16 nitrogen and oxygen atoms in total. The number of rotatable bonds is 18. The Kier molecular flexibility index (Phi) is 16.4. The Morgan fingerprint density at radius 1 is 0.841 bits per heavy atom. The van der Waals surface area contributed by atoms with Crippen molar-refractivity contribution < 1.29 is 27.5 Å². The lowest BCUT2D eigenvalue weighted by Gasteiger charge is -2.43. The SMILES string of the molecule is CCc1cc(Nc2ncc(Cl)c(Nc3ccc(OC)cc3N(C)S(C)(=O)=O)n2)c(OC)cc1N1CCC(N2CCN(CCCCC3CCN(c4ccc(C5CCC(=O)NC5=O)cc4)CC3)CC2)CC1. The van der Waals surface area contributed by atoms with Crippen LogP contribution in [0.25, 0.3) is 0 Å². The number of piperidine rings is 3.